The van der Waals surface area contributed by atoms with Gasteiger partial charge in [-0.2, -0.15) is 0 Å². The number of nitrogens with zero attached hydrogens (tertiary/aromatic N) is 2. The van der Waals surface area contributed by atoms with Crippen LogP contribution in [0, 0.1) is 5.41 Å². The smallest absolute Gasteiger partial charge is 0.253 e. The van der Waals surface area contributed by atoms with Crippen molar-refractivity contribution in [2.45, 2.75) is 44.9 Å². The number of rotatable bonds is 5. The Kier molecular flexibility index (Phi) is 7.91. The fraction of sp³-hybridized carbons (Fsp3) is 0.400. The van der Waals surface area contributed by atoms with Crippen LogP contribution in [-0.4, -0.2) is 42.2 Å². The number of anilines is 1. The average Bonchev–Trinajstić information content (AvgIpc) is 2.82. The van der Waals surface area contributed by atoms with Gasteiger partial charge in [-0.25, -0.2) is 0 Å². The minimum atomic E-state index is 0. The molecule has 0 saturated carbocycles. The molecule has 170 valence electrons. The predicted molar refractivity (Wildman–Crippen MR) is 130 cm³/mol. The normalized spacial score (nSPS) is 15.5. The molecule has 0 bridgehead atoms. The van der Waals surface area contributed by atoms with Crippen molar-refractivity contribution in [2.24, 2.45) is 5.73 Å². The average molecular weight is 455 g/mol. The van der Waals surface area contributed by atoms with E-state index in [9.17, 15) is 9.59 Å². The van der Waals surface area contributed by atoms with E-state index < -0.39 is 0 Å². The van der Waals surface area contributed by atoms with Crippen molar-refractivity contribution in [3.63, 3.8) is 0 Å². The Morgan fingerprint density at radius 2 is 1.59 bits per heavy atom. The van der Waals surface area contributed by atoms with E-state index in [1.54, 1.807) is 0 Å². The molecule has 2 aromatic carbocycles. The van der Waals surface area contributed by atoms with E-state index in [4.69, 9.17) is 11.1 Å². The van der Waals surface area contributed by atoms with Gasteiger partial charge in [0, 0.05) is 42.9 Å². The third-order valence-corrected chi connectivity index (χ3v) is 6.28. The molecule has 2 aromatic rings. The highest BCUT2D eigenvalue weighted by molar-refractivity contribution is 5.98. The molecule has 0 aromatic heterocycles. The quantitative estimate of drug-likeness (QED) is 0.529. The van der Waals surface area contributed by atoms with Gasteiger partial charge in [0.05, 0.1) is 0 Å². The number of halogens is 1. The van der Waals surface area contributed by atoms with Gasteiger partial charge in [-0.05, 0) is 67.9 Å². The summed E-state index contributed by atoms with van der Waals surface area (Å²) < 4.78 is 0. The number of amidine groups is 1. The highest BCUT2D eigenvalue weighted by Gasteiger charge is 2.25. The van der Waals surface area contributed by atoms with Crippen molar-refractivity contribution in [1.82, 2.24) is 4.90 Å². The molecule has 0 spiro atoms. The number of nitrogens with two attached hydrogens (primary N) is 1. The van der Waals surface area contributed by atoms with Crippen LogP contribution in [0.5, 0.6) is 0 Å². The van der Waals surface area contributed by atoms with Gasteiger partial charge in [0.2, 0.25) is 5.91 Å². The molecule has 2 heterocycles. The van der Waals surface area contributed by atoms with Gasteiger partial charge in [0.1, 0.15) is 5.84 Å². The first-order valence-corrected chi connectivity index (χ1v) is 11.2. The lowest BCUT2D eigenvalue weighted by atomic mass is 9.97. The first-order valence-electron chi connectivity index (χ1n) is 11.2. The van der Waals surface area contributed by atoms with Gasteiger partial charge in [-0.1, -0.05) is 24.3 Å². The van der Waals surface area contributed by atoms with Crippen LogP contribution in [0.1, 0.15) is 59.2 Å². The topological polar surface area (TPSA) is 90.5 Å². The van der Waals surface area contributed by atoms with Crippen molar-refractivity contribution in [2.75, 3.05) is 24.5 Å². The van der Waals surface area contributed by atoms with E-state index in [-0.39, 0.29) is 30.1 Å². The van der Waals surface area contributed by atoms with E-state index >= 15 is 0 Å². The third-order valence-electron chi connectivity index (χ3n) is 6.28. The Balaban J connectivity index is 0.00000289. The molecule has 0 unspecified atom stereocenters. The summed E-state index contributed by atoms with van der Waals surface area (Å²) in [4.78, 5) is 29.6. The van der Waals surface area contributed by atoms with Crippen LogP contribution in [0.25, 0.3) is 0 Å². The number of likely N-dealkylation sites (tertiary alicyclic amines) is 1. The van der Waals surface area contributed by atoms with Gasteiger partial charge in [-0.3, -0.25) is 15.0 Å². The van der Waals surface area contributed by atoms with Gasteiger partial charge in [-0.15, -0.1) is 12.4 Å². The maximum atomic E-state index is 13.0. The third kappa shape index (κ3) is 5.30. The zero-order valence-electron chi connectivity index (χ0n) is 18.3. The van der Waals surface area contributed by atoms with Crippen LogP contribution in [0.15, 0.2) is 42.5 Å². The van der Waals surface area contributed by atoms with Crippen LogP contribution in [0.4, 0.5) is 5.69 Å². The van der Waals surface area contributed by atoms with Crippen LogP contribution in [0.2, 0.25) is 0 Å². The van der Waals surface area contributed by atoms with E-state index in [2.05, 4.69) is 0 Å². The number of carbonyl (C=O) groups excluding carboxylic acids is 2. The highest BCUT2D eigenvalue weighted by Crippen LogP contribution is 2.29. The molecule has 4 rings (SSSR count). The molecule has 2 aliphatic rings. The monoisotopic (exact) mass is 454 g/mol. The van der Waals surface area contributed by atoms with Gasteiger partial charge in [0.25, 0.3) is 5.91 Å². The van der Waals surface area contributed by atoms with Crippen molar-refractivity contribution in [3.8, 4) is 0 Å². The van der Waals surface area contributed by atoms with E-state index in [0.717, 1.165) is 61.2 Å². The van der Waals surface area contributed by atoms with Crippen molar-refractivity contribution < 1.29 is 9.59 Å². The number of piperidine rings is 1. The molecule has 32 heavy (non-hydrogen) atoms. The zero-order valence-corrected chi connectivity index (χ0v) is 19.1. The number of benzene rings is 2. The van der Waals surface area contributed by atoms with Crippen molar-refractivity contribution in [1.29, 1.82) is 5.41 Å². The van der Waals surface area contributed by atoms with Gasteiger partial charge < -0.3 is 15.5 Å². The molecule has 1 fully saturated rings. The molecular formula is C25H31ClN4O2. The number of fused-ring (bicyclic) bond motifs is 1. The predicted octanol–water partition coefficient (Wildman–Crippen LogP) is 3.93. The lowest BCUT2D eigenvalue weighted by Crippen LogP contribution is -2.37. The summed E-state index contributed by atoms with van der Waals surface area (Å²) in [7, 11) is 0. The van der Waals surface area contributed by atoms with Crippen LogP contribution < -0.4 is 10.6 Å². The van der Waals surface area contributed by atoms with Crippen LogP contribution in [0.3, 0.4) is 0 Å². The number of amides is 2. The molecule has 0 aliphatic carbocycles. The van der Waals surface area contributed by atoms with Gasteiger partial charge in [0.15, 0.2) is 0 Å². The Morgan fingerprint density at radius 3 is 2.28 bits per heavy atom. The zero-order chi connectivity index (χ0) is 21.8. The minimum Gasteiger partial charge on any atom is -0.384 e. The van der Waals surface area contributed by atoms with E-state index in [1.165, 1.54) is 6.42 Å². The van der Waals surface area contributed by atoms with Gasteiger partial charge >= 0.3 is 0 Å². The maximum Gasteiger partial charge on any atom is 0.253 e. The first-order chi connectivity index (χ1) is 15.0. The summed E-state index contributed by atoms with van der Waals surface area (Å²) in [5.74, 6) is 0.261. The summed E-state index contributed by atoms with van der Waals surface area (Å²) in [6.07, 6.45) is 6.24. The molecule has 0 atom stereocenters. The number of carbonyl (C=O) groups is 2. The largest absolute Gasteiger partial charge is 0.384 e. The summed E-state index contributed by atoms with van der Waals surface area (Å²) >= 11 is 0. The molecule has 3 N–H and O–H groups in total. The molecule has 2 amide bonds. The van der Waals surface area contributed by atoms with Crippen molar-refractivity contribution in [3.05, 3.63) is 64.7 Å². The second kappa shape index (κ2) is 10.6. The fourth-order valence-electron chi connectivity index (χ4n) is 4.51. The second-order valence-corrected chi connectivity index (χ2v) is 8.46. The summed E-state index contributed by atoms with van der Waals surface area (Å²) in [5, 5.41) is 7.47. The maximum absolute atomic E-state index is 13.0. The number of aryl methyl sites for hydroxylation is 2. The fourth-order valence-corrected chi connectivity index (χ4v) is 4.51. The highest BCUT2D eigenvalue weighted by atomic mass is 35.5. The number of hydrogen-bond acceptors (Lipinski definition) is 3. The molecule has 1 saturated heterocycles. The summed E-state index contributed by atoms with van der Waals surface area (Å²) in [5.41, 5.74) is 10.0. The molecular weight excluding hydrogens is 424 g/mol. The lowest BCUT2D eigenvalue weighted by molar-refractivity contribution is -0.118. The Morgan fingerprint density at radius 1 is 0.906 bits per heavy atom. The summed E-state index contributed by atoms with van der Waals surface area (Å²) in [6.45, 7) is 2.40. The summed E-state index contributed by atoms with van der Waals surface area (Å²) in [6, 6.07) is 13.3. The molecule has 0 radical (unpaired) electrons. The van der Waals surface area contributed by atoms with Crippen molar-refractivity contribution >= 4 is 35.7 Å². The van der Waals surface area contributed by atoms with Crippen LogP contribution >= 0.6 is 12.4 Å². The number of nitrogen functional groups attached to an aromatic ring is 1. The SMILES string of the molecule is Cl.N=C(N)c1ccc(CCC(=O)N2CCCc3cc(C(=O)N4CCCCC4)ccc32)cc1. The minimum absolute atomic E-state index is 0. The Labute approximate surface area is 195 Å². The standard InChI is InChI=1S/C25H30N4O2.ClH/c26-24(27)19-9-6-18(7-10-19)8-13-23(30)29-16-4-5-20-17-21(11-12-22(20)29)25(31)28-14-2-1-3-15-28;/h6-7,9-12,17H,1-5,8,13-16H2,(H3,26,27);1H. The number of nitrogens with one attached hydrogen (secondary N) is 1. The van der Waals surface area contributed by atoms with Crippen LogP contribution in [-0.2, 0) is 17.6 Å². The lowest BCUT2D eigenvalue weighted by Gasteiger charge is -2.31. The Bertz CT molecular complexity index is 984. The van der Waals surface area contributed by atoms with E-state index in [1.807, 2.05) is 52.3 Å². The number of hydrogen-bond donors (Lipinski definition) is 2. The molecule has 2 aliphatic heterocycles. The van der Waals surface area contributed by atoms with E-state index in [0.29, 0.717) is 24.9 Å². The Hall–Kier alpha value is -2.86. The first kappa shape index (κ1) is 23.8. The second-order valence-electron chi connectivity index (χ2n) is 8.46. The molecule has 7 heteroatoms. The molecule has 6 nitrogen and oxygen atoms in total.